The van der Waals surface area contributed by atoms with Crippen LogP contribution in [0.2, 0.25) is 0 Å². The van der Waals surface area contributed by atoms with Crippen LogP contribution in [-0.4, -0.2) is 147 Å². The summed E-state index contributed by atoms with van der Waals surface area (Å²) in [5, 5.41) is 10.8. The summed E-state index contributed by atoms with van der Waals surface area (Å²) in [7, 11) is -12.6. The van der Waals surface area contributed by atoms with Crippen LogP contribution < -0.4 is 14.2 Å². The van der Waals surface area contributed by atoms with Crippen LogP contribution in [0.5, 0.6) is 17.2 Å². The molecule has 0 aliphatic heterocycles. The molecular formula is C25H19NNa3O14S3. The fourth-order valence-corrected chi connectivity index (χ4v) is 7.19. The van der Waals surface area contributed by atoms with Crippen molar-refractivity contribution in [1.29, 1.82) is 0 Å². The molecule has 0 amide bonds. The number of hydrogen-bond donors (Lipinski definition) is 3. The largest absolute Gasteiger partial charge is 0.493 e. The van der Waals surface area contributed by atoms with E-state index in [2.05, 4.69) is 0 Å². The summed E-state index contributed by atoms with van der Waals surface area (Å²) in [6.07, 6.45) is 0. The van der Waals surface area contributed by atoms with Gasteiger partial charge in [-0.1, -0.05) is 18.2 Å². The Morgan fingerprint density at radius 1 is 0.630 bits per heavy atom. The van der Waals surface area contributed by atoms with Crippen molar-refractivity contribution in [3.05, 3.63) is 64.2 Å². The Hall–Kier alpha value is -1.33. The first kappa shape index (κ1) is 40.8. The van der Waals surface area contributed by atoms with Crippen LogP contribution in [0.3, 0.4) is 0 Å². The summed E-state index contributed by atoms with van der Waals surface area (Å²) >= 11 is 0. The Labute approximate surface area is 328 Å². The molecule has 0 aromatic heterocycles. The molecule has 5 rings (SSSR count). The first-order valence-electron chi connectivity index (χ1n) is 11.7. The second kappa shape index (κ2) is 14.7. The van der Waals surface area contributed by atoms with Crippen LogP contribution in [0, 0.1) is 10.1 Å². The summed E-state index contributed by atoms with van der Waals surface area (Å²) in [6.45, 7) is -0.544. The Kier molecular flexibility index (Phi) is 13.0. The molecule has 0 saturated carbocycles. The standard InChI is InChI=1S/C25H19NO14S3.3Na/c1-38-19-7-12(17(26(27)28)8-20(19)39-2)11-40-18-9-21(41(29,30)31)14-5-6-16-23(43(35,36)37)10-22(42(32,33)34)15-4-3-13(18)24(14)25(15)16;;;/h3-10H,11H2,1-2H3,(H,29,30,31)(H,32,33,34)(H,35,36,37);;;. The summed E-state index contributed by atoms with van der Waals surface area (Å²) in [6, 6.07) is 8.59. The van der Waals surface area contributed by atoms with Gasteiger partial charge in [0.15, 0.2) is 11.5 Å². The molecule has 5 aromatic carbocycles. The van der Waals surface area contributed by atoms with Crippen molar-refractivity contribution in [2.24, 2.45) is 0 Å². The fraction of sp³-hybridized carbons (Fsp3) is 0.120. The molecule has 0 fully saturated rings. The molecule has 229 valence electrons. The maximum Gasteiger partial charge on any atom is 0.295 e. The van der Waals surface area contributed by atoms with E-state index in [0.717, 1.165) is 24.3 Å². The summed E-state index contributed by atoms with van der Waals surface area (Å²) in [5.41, 5.74) is -0.454. The maximum absolute atomic E-state index is 12.5. The van der Waals surface area contributed by atoms with Gasteiger partial charge in [-0.15, -0.1) is 0 Å². The zero-order chi connectivity index (χ0) is 31.6. The van der Waals surface area contributed by atoms with Gasteiger partial charge in [-0.3, -0.25) is 23.8 Å². The number of nitro groups is 1. The van der Waals surface area contributed by atoms with E-state index in [1.54, 1.807) is 0 Å². The molecular weight excluding hydrogens is 703 g/mol. The zero-order valence-corrected chi connectivity index (χ0v) is 33.3. The molecule has 3 N–H and O–H groups in total. The Morgan fingerprint density at radius 2 is 1.02 bits per heavy atom. The van der Waals surface area contributed by atoms with Crippen LogP contribution in [0.15, 0.2) is 63.2 Å². The minimum absolute atomic E-state index is 0. The van der Waals surface area contributed by atoms with Crippen molar-refractivity contribution in [1.82, 2.24) is 0 Å². The van der Waals surface area contributed by atoms with Crippen molar-refractivity contribution in [2.45, 2.75) is 21.3 Å². The third kappa shape index (κ3) is 7.46. The van der Waals surface area contributed by atoms with Gasteiger partial charge < -0.3 is 14.2 Å². The topological polar surface area (TPSA) is 234 Å². The normalized spacial score (nSPS) is 11.8. The van der Waals surface area contributed by atoms with Gasteiger partial charge in [0.05, 0.1) is 30.8 Å². The summed E-state index contributed by atoms with van der Waals surface area (Å²) in [4.78, 5) is 8.52. The predicted molar refractivity (Wildman–Crippen MR) is 167 cm³/mol. The molecule has 0 atom stereocenters. The van der Waals surface area contributed by atoms with E-state index in [4.69, 9.17) is 14.2 Å². The van der Waals surface area contributed by atoms with E-state index < -0.39 is 62.3 Å². The molecule has 21 heteroatoms. The number of ether oxygens (including phenoxy) is 3. The van der Waals surface area contributed by atoms with E-state index in [9.17, 15) is 49.0 Å². The number of rotatable bonds is 9. The molecule has 0 heterocycles. The van der Waals surface area contributed by atoms with E-state index >= 15 is 0 Å². The number of hydrogen-bond acceptors (Lipinski definition) is 11. The van der Waals surface area contributed by atoms with Crippen LogP contribution in [0.25, 0.3) is 32.3 Å². The smallest absolute Gasteiger partial charge is 0.295 e. The van der Waals surface area contributed by atoms with Crippen LogP contribution in [0.4, 0.5) is 5.69 Å². The van der Waals surface area contributed by atoms with Gasteiger partial charge in [0, 0.05) is 127 Å². The van der Waals surface area contributed by atoms with Crippen molar-refractivity contribution < 1.29 is 58.0 Å². The van der Waals surface area contributed by atoms with E-state index in [1.165, 1.54) is 32.4 Å². The quantitative estimate of drug-likeness (QED) is 0.0653. The first-order valence-corrected chi connectivity index (χ1v) is 16.0. The molecule has 3 radical (unpaired) electrons. The first-order chi connectivity index (χ1) is 20.0. The van der Waals surface area contributed by atoms with Gasteiger partial charge in [-0.25, -0.2) is 0 Å². The molecule has 0 bridgehead atoms. The van der Waals surface area contributed by atoms with E-state index in [1.807, 2.05) is 0 Å². The minimum Gasteiger partial charge on any atom is -0.493 e. The molecule has 0 aliphatic carbocycles. The predicted octanol–water partition coefficient (Wildman–Crippen LogP) is 2.69. The third-order valence-corrected chi connectivity index (χ3v) is 9.43. The van der Waals surface area contributed by atoms with Gasteiger partial charge in [-0.2, -0.15) is 25.3 Å². The molecule has 5 aromatic rings. The second-order valence-electron chi connectivity index (χ2n) is 9.12. The Morgan fingerprint density at radius 3 is 1.43 bits per heavy atom. The Bertz CT molecular complexity index is 2280. The maximum atomic E-state index is 12.5. The SMILES string of the molecule is COc1cc(COc2cc(S(=O)(=O)O)c3ccc4c(S(=O)(=O)O)cc(S(=O)(=O)O)c5ccc2c3c54)c([N+](=O)[O-])cc1OC.[Na].[Na].[Na]. The fourth-order valence-electron chi connectivity index (χ4n) is 4.98. The van der Waals surface area contributed by atoms with Crippen molar-refractivity contribution in [3.63, 3.8) is 0 Å². The van der Waals surface area contributed by atoms with Gasteiger partial charge >= 0.3 is 0 Å². The molecule has 0 unspecified atom stereocenters. The zero-order valence-electron chi connectivity index (χ0n) is 24.8. The summed E-state index contributed by atoms with van der Waals surface area (Å²) in [5.74, 6) is -0.0842. The minimum atomic E-state index is -5.09. The molecule has 0 saturated heterocycles. The van der Waals surface area contributed by atoms with Crippen molar-refractivity contribution in [3.8, 4) is 17.2 Å². The van der Waals surface area contributed by atoms with Crippen LogP contribution >= 0.6 is 0 Å². The summed E-state index contributed by atoms with van der Waals surface area (Å²) < 4.78 is 120. The van der Waals surface area contributed by atoms with Gasteiger partial charge in [0.2, 0.25) is 0 Å². The molecule has 0 spiro atoms. The average molecular weight is 723 g/mol. The number of methoxy groups -OCH3 is 2. The van der Waals surface area contributed by atoms with Gasteiger partial charge in [0.25, 0.3) is 36.0 Å². The van der Waals surface area contributed by atoms with Crippen molar-refractivity contribution in [2.75, 3.05) is 14.2 Å². The van der Waals surface area contributed by atoms with Gasteiger partial charge in [0.1, 0.15) is 27.0 Å². The average Bonchev–Trinajstić information content (AvgIpc) is 2.92. The van der Waals surface area contributed by atoms with Crippen LogP contribution in [0.1, 0.15) is 5.56 Å². The van der Waals surface area contributed by atoms with E-state index in [-0.39, 0.29) is 144 Å². The van der Waals surface area contributed by atoms with Crippen LogP contribution in [-0.2, 0) is 37.0 Å². The van der Waals surface area contributed by atoms with Crippen molar-refractivity contribution >= 4 is 157 Å². The number of nitrogens with zero attached hydrogens (tertiary/aromatic N) is 1. The third-order valence-electron chi connectivity index (χ3n) is 6.75. The molecule has 15 nitrogen and oxygen atoms in total. The molecule has 46 heavy (non-hydrogen) atoms. The Balaban J connectivity index is 0.00000245. The second-order valence-corrected chi connectivity index (χ2v) is 13.3. The van der Waals surface area contributed by atoms with Gasteiger partial charge in [-0.05, 0) is 18.2 Å². The van der Waals surface area contributed by atoms with E-state index in [0.29, 0.717) is 6.07 Å². The molecule has 0 aliphatic rings. The number of benzene rings is 5. The monoisotopic (exact) mass is 722 g/mol. The number of nitro benzene ring substituents is 1.